The largest absolute Gasteiger partial charge is 0.493 e. The highest BCUT2D eigenvalue weighted by molar-refractivity contribution is 7.99. The number of benzene rings is 3. The summed E-state index contributed by atoms with van der Waals surface area (Å²) in [4.78, 5) is 6.19. The predicted octanol–water partition coefficient (Wildman–Crippen LogP) is 6.72. The molecule has 1 unspecified atom stereocenters. The van der Waals surface area contributed by atoms with Crippen LogP contribution in [-0.4, -0.2) is 19.9 Å². The third kappa shape index (κ3) is 3.89. The number of halogens is 1. The van der Waals surface area contributed by atoms with Crippen molar-refractivity contribution < 1.29 is 9.47 Å². The molecule has 0 radical (unpaired) electrons. The molecule has 1 atom stereocenters. The second-order valence-electron chi connectivity index (χ2n) is 6.46. The number of ether oxygens (including phenoxy) is 2. The standard InChI is InChI=1S/C23H20ClNO2S/c1-26-20-12-9-16(13-21(20)27-2)19-14-23(15-7-10-17(24)11-8-15)28-22-6-4-3-5-18(22)25-19/h3-13,23H,14H2,1-2H3. The quantitative estimate of drug-likeness (QED) is 0.479. The zero-order valence-electron chi connectivity index (χ0n) is 15.7. The SMILES string of the molecule is COc1ccc(C2=Nc3ccccc3SC(c3ccc(Cl)cc3)C2)cc1OC. The molecule has 3 aromatic carbocycles. The van der Waals surface area contributed by atoms with Crippen LogP contribution in [0.3, 0.4) is 0 Å². The van der Waals surface area contributed by atoms with E-state index in [2.05, 4.69) is 30.3 Å². The van der Waals surface area contributed by atoms with Crippen molar-refractivity contribution in [3.8, 4) is 11.5 Å². The molecule has 0 fully saturated rings. The fourth-order valence-corrected chi connectivity index (χ4v) is 4.63. The van der Waals surface area contributed by atoms with Crippen molar-refractivity contribution in [2.45, 2.75) is 16.6 Å². The fraction of sp³-hybridized carbons (Fsp3) is 0.174. The van der Waals surface area contributed by atoms with E-state index in [4.69, 9.17) is 26.1 Å². The molecule has 3 aromatic rings. The minimum Gasteiger partial charge on any atom is -0.493 e. The van der Waals surface area contributed by atoms with Crippen molar-refractivity contribution in [1.82, 2.24) is 0 Å². The maximum absolute atomic E-state index is 6.09. The second kappa shape index (κ2) is 8.29. The molecule has 0 N–H and O–H groups in total. The molecule has 0 spiro atoms. The van der Waals surface area contributed by atoms with Crippen LogP contribution in [-0.2, 0) is 0 Å². The first-order chi connectivity index (χ1) is 13.7. The van der Waals surface area contributed by atoms with Gasteiger partial charge < -0.3 is 9.47 Å². The first-order valence-electron chi connectivity index (χ1n) is 8.99. The summed E-state index contributed by atoms with van der Waals surface area (Å²) in [5.74, 6) is 1.42. The molecule has 28 heavy (non-hydrogen) atoms. The zero-order valence-corrected chi connectivity index (χ0v) is 17.3. The van der Waals surface area contributed by atoms with Crippen LogP contribution in [0, 0.1) is 0 Å². The van der Waals surface area contributed by atoms with E-state index in [9.17, 15) is 0 Å². The van der Waals surface area contributed by atoms with E-state index in [1.807, 2.05) is 48.2 Å². The first-order valence-corrected chi connectivity index (χ1v) is 10.2. The van der Waals surface area contributed by atoms with E-state index in [1.54, 1.807) is 14.2 Å². The Labute approximate surface area is 174 Å². The molecule has 3 nitrogen and oxygen atoms in total. The summed E-state index contributed by atoms with van der Waals surface area (Å²) in [6, 6.07) is 22.3. The van der Waals surface area contributed by atoms with Crippen molar-refractivity contribution in [3.05, 3.63) is 82.9 Å². The Balaban J connectivity index is 1.79. The van der Waals surface area contributed by atoms with Crippen LogP contribution in [0.2, 0.25) is 5.02 Å². The number of hydrogen-bond donors (Lipinski definition) is 0. The van der Waals surface area contributed by atoms with Crippen LogP contribution in [0.4, 0.5) is 5.69 Å². The highest BCUT2D eigenvalue weighted by Gasteiger charge is 2.23. The van der Waals surface area contributed by atoms with Crippen molar-refractivity contribution in [1.29, 1.82) is 0 Å². The van der Waals surface area contributed by atoms with Gasteiger partial charge in [0.05, 0.1) is 19.9 Å². The van der Waals surface area contributed by atoms with Gasteiger partial charge in [0.25, 0.3) is 0 Å². The Morgan fingerprint density at radius 3 is 2.43 bits per heavy atom. The van der Waals surface area contributed by atoms with Crippen LogP contribution in [0.1, 0.15) is 22.8 Å². The van der Waals surface area contributed by atoms with Gasteiger partial charge in [-0.25, -0.2) is 0 Å². The van der Waals surface area contributed by atoms with Gasteiger partial charge in [0.1, 0.15) is 0 Å². The minimum absolute atomic E-state index is 0.243. The maximum atomic E-state index is 6.09. The Bertz CT molecular complexity index is 1020. The van der Waals surface area contributed by atoms with E-state index in [1.165, 1.54) is 10.5 Å². The molecule has 0 aliphatic carbocycles. The number of para-hydroxylation sites is 1. The lowest BCUT2D eigenvalue weighted by molar-refractivity contribution is 0.355. The van der Waals surface area contributed by atoms with Gasteiger partial charge in [0.15, 0.2) is 11.5 Å². The third-order valence-electron chi connectivity index (χ3n) is 4.73. The van der Waals surface area contributed by atoms with Gasteiger partial charge in [0, 0.05) is 27.3 Å². The average molecular weight is 410 g/mol. The summed E-state index contributed by atoms with van der Waals surface area (Å²) in [5.41, 5.74) is 4.29. The molecule has 0 bridgehead atoms. The van der Waals surface area contributed by atoms with Gasteiger partial charge >= 0.3 is 0 Å². The summed E-state index contributed by atoms with van der Waals surface area (Å²) < 4.78 is 10.9. The molecule has 0 saturated heterocycles. The number of aliphatic imine (C=N–C) groups is 1. The number of nitrogens with zero attached hydrogens (tertiary/aromatic N) is 1. The lowest BCUT2D eigenvalue weighted by atomic mass is 10.0. The number of hydrogen-bond acceptors (Lipinski definition) is 4. The van der Waals surface area contributed by atoms with E-state index in [0.717, 1.165) is 28.4 Å². The molecule has 0 amide bonds. The third-order valence-corrected chi connectivity index (χ3v) is 6.30. The van der Waals surface area contributed by atoms with Crippen molar-refractivity contribution in [2.75, 3.05) is 14.2 Å². The Kier molecular flexibility index (Phi) is 5.60. The average Bonchev–Trinajstić information content (AvgIpc) is 2.93. The molecule has 1 aliphatic rings. The second-order valence-corrected chi connectivity index (χ2v) is 8.14. The maximum Gasteiger partial charge on any atom is 0.161 e. The summed E-state index contributed by atoms with van der Waals surface area (Å²) >= 11 is 7.93. The van der Waals surface area contributed by atoms with Crippen LogP contribution in [0.5, 0.6) is 11.5 Å². The molecule has 1 heterocycles. The molecule has 0 saturated carbocycles. The lowest BCUT2D eigenvalue weighted by Crippen LogP contribution is -2.06. The molecule has 1 aliphatic heterocycles. The molecular weight excluding hydrogens is 390 g/mol. The van der Waals surface area contributed by atoms with Gasteiger partial charge in [-0.3, -0.25) is 4.99 Å². The van der Waals surface area contributed by atoms with E-state index >= 15 is 0 Å². The molecule has 5 heteroatoms. The normalized spacial score (nSPS) is 16.0. The monoisotopic (exact) mass is 409 g/mol. The summed E-state index contributed by atoms with van der Waals surface area (Å²) in [6.07, 6.45) is 0.802. The Morgan fingerprint density at radius 2 is 1.68 bits per heavy atom. The summed E-state index contributed by atoms with van der Waals surface area (Å²) in [7, 11) is 3.29. The number of fused-ring (bicyclic) bond motifs is 1. The van der Waals surface area contributed by atoms with Crippen molar-refractivity contribution in [3.63, 3.8) is 0 Å². The number of thioether (sulfide) groups is 1. The zero-order chi connectivity index (χ0) is 19.5. The van der Waals surface area contributed by atoms with Gasteiger partial charge in [-0.1, -0.05) is 35.9 Å². The lowest BCUT2D eigenvalue weighted by Gasteiger charge is -2.17. The number of rotatable bonds is 4. The number of methoxy groups -OCH3 is 2. The van der Waals surface area contributed by atoms with Gasteiger partial charge in [-0.15, -0.1) is 11.8 Å². The Morgan fingerprint density at radius 1 is 0.929 bits per heavy atom. The molecule has 0 aromatic heterocycles. The van der Waals surface area contributed by atoms with Crippen molar-refractivity contribution in [2.24, 2.45) is 4.99 Å². The van der Waals surface area contributed by atoms with Crippen LogP contribution >= 0.6 is 23.4 Å². The van der Waals surface area contributed by atoms with E-state index in [-0.39, 0.29) is 5.25 Å². The fourth-order valence-electron chi connectivity index (χ4n) is 3.27. The van der Waals surface area contributed by atoms with Crippen LogP contribution < -0.4 is 9.47 Å². The highest BCUT2D eigenvalue weighted by Crippen LogP contribution is 2.46. The van der Waals surface area contributed by atoms with Crippen LogP contribution in [0.15, 0.2) is 76.6 Å². The van der Waals surface area contributed by atoms with Gasteiger partial charge in [-0.2, -0.15) is 0 Å². The smallest absolute Gasteiger partial charge is 0.161 e. The first kappa shape index (κ1) is 18.9. The van der Waals surface area contributed by atoms with E-state index in [0.29, 0.717) is 11.5 Å². The Hall–Kier alpha value is -2.43. The van der Waals surface area contributed by atoms with Gasteiger partial charge in [-0.05, 0) is 53.6 Å². The summed E-state index contributed by atoms with van der Waals surface area (Å²) in [6.45, 7) is 0. The van der Waals surface area contributed by atoms with Gasteiger partial charge in [0.2, 0.25) is 0 Å². The summed E-state index contributed by atoms with van der Waals surface area (Å²) in [5, 5.41) is 0.990. The highest BCUT2D eigenvalue weighted by atomic mass is 35.5. The molecule has 142 valence electrons. The molecular formula is C23H20ClNO2S. The minimum atomic E-state index is 0.243. The topological polar surface area (TPSA) is 30.8 Å². The molecule has 4 rings (SSSR count). The van der Waals surface area contributed by atoms with Crippen LogP contribution in [0.25, 0.3) is 0 Å². The predicted molar refractivity (Wildman–Crippen MR) is 117 cm³/mol. The van der Waals surface area contributed by atoms with Crippen molar-refractivity contribution >= 4 is 34.8 Å². The van der Waals surface area contributed by atoms with E-state index < -0.39 is 0 Å².